The molecule has 2 aromatic rings. The third-order valence-electron chi connectivity index (χ3n) is 4.54. The molecule has 6 heteroatoms. The summed E-state index contributed by atoms with van der Waals surface area (Å²) >= 11 is 0. The van der Waals surface area contributed by atoms with Crippen LogP contribution in [-0.4, -0.2) is 43.0 Å². The molecule has 2 amide bonds. The van der Waals surface area contributed by atoms with Gasteiger partial charge < -0.3 is 20.3 Å². The highest BCUT2D eigenvalue weighted by molar-refractivity contribution is 5.95. The summed E-state index contributed by atoms with van der Waals surface area (Å²) in [7, 11) is 0. The van der Waals surface area contributed by atoms with Gasteiger partial charge in [-0.05, 0) is 68.8 Å². The summed E-state index contributed by atoms with van der Waals surface area (Å²) in [5.41, 5.74) is 2.15. The Hall–Kier alpha value is -3.02. The van der Waals surface area contributed by atoms with E-state index in [9.17, 15) is 9.59 Å². The van der Waals surface area contributed by atoms with Gasteiger partial charge in [0.1, 0.15) is 5.75 Å². The molecule has 0 heterocycles. The molecule has 0 spiro atoms. The molecule has 29 heavy (non-hydrogen) atoms. The van der Waals surface area contributed by atoms with Crippen LogP contribution in [0.1, 0.15) is 44.0 Å². The second-order valence-electron chi connectivity index (χ2n) is 6.68. The maximum Gasteiger partial charge on any atom is 0.253 e. The first-order valence-corrected chi connectivity index (χ1v) is 10.2. The zero-order chi connectivity index (χ0) is 21.1. The molecule has 0 aromatic heterocycles. The third kappa shape index (κ3) is 7.14. The van der Waals surface area contributed by atoms with Crippen molar-refractivity contribution >= 4 is 23.2 Å². The Labute approximate surface area is 173 Å². The molecule has 0 radical (unpaired) electrons. The van der Waals surface area contributed by atoms with E-state index in [0.717, 1.165) is 30.0 Å². The Morgan fingerprint density at radius 1 is 0.897 bits per heavy atom. The monoisotopic (exact) mass is 397 g/mol. The number of amides is 2. The van der Waals surface area contributed by atoms with E-state index in [2.05, 4.69) is 17.6 Å². The van der Waals surface area contributed by atoms with E-state index < -0.39 is 0 Å². The van der Waals surface area contributed by atoms with Crippen molar-refractivity contribution in [2.45, 2.75) is 33.6 Å². The summed E-state index contributed by atoms with van der Waals surface area (Å²) in [6, 6.07) is 14.5. The van der Waals surface area contributed by atoms with Gasteiger partial charge >= 0.3 is 0 Å². The van der Waals surface area contributed by atoms with E-state index in [4.69, 9.17) is 4.74 Å². The summed E-state index contributed by atoms with van der Waals surface area (Å²) in [6.45, 7) is 8.24. The zero-order valence-corrected chi connectivity index (χ0v) is 17.5. The molecule has 2 aromatic carbocycles. The summed E-state index contributed by atoms with van der Waals surface area (Å²) < 4.78 is 5.62. The average Bonchev–Trinajstić information content (AvgIpc) is 2.75. The van der Waals surface area contributed by atoms with Crippen LogP contribution < -0.4 is 15.4 Å². The van der Waals surface area contributed by atoms with E-state index in [-0.39, 0.29) is 18.4 Å². The zero-order valence-electron chi connectivity index (χ0n) is 17.5. The van der Waals surface area contributed by atoms with Crippen molar-refractivity contribution in [2.24, 2.45) is 0 Å². The Kier molecular flexibility index (Phi) is 9.02. The molecule has 0 fully saturated rings. The smallest absolute Gasteiger partial charge is 0.253 e. The Morgan fingerprint density at radius 2 is 1.52 bits per heavy atom. The van der Waals surface area contributed by atoms with Crippen LogP contribution in [0.4, 0.5) is 11.4 Å². The molecule has 0 atom stereocenters. The largest absolute Gasteiger partial charge is 0.494 e. The first-order valence-electron chi connectivity index (χ1n) is 10.2. The van der Waals surface area contributed by atoms with E-state index in [1.807, 2.05) is 50.2 Å². The number of ether oxygens (including phenoxy) is 1. The normalized spacial score (nSPS) is 10.3. The van der Waals surface area contributed by atoms with Crippen LogP contribution in [0.3, 0.4) is 0 Å². The molecule has 156 valence electrons. The van der Waals surface area contributed by atoms with Crippen LogP contribution in [0.5, 0.6) is 5.75 Å². The molecular weight excluding hydrogens is 366 g/mol. The fourth-order valence-electron chi connectivity index (χ4n) is 2.78. The van der Waals surface area contributed by atoms with Crippen molar-refractivity contribution in [3.8, 4) is 5.75 Å². The predicted molar refractivity (Wildman–Crippen MR) is 118 cm³/mol. The van der Waals surface area contributed by atoms with Crippen molar-refractivity contribution < 1.29 is 14.3 Å². The number of carbonyl (C=O) groups excluding carboxylic acids is 2. The Morgan fingerprint density at radius 3 is 2.10 bits per heavy atom. The lowest BCUT2D eigenvalue weighted by atomic mass is 10.1. The SMILES string of the molecule is CCCCOc1ccc(NC(=O)CNc2ccc(C(=O)N(CC)CC)cc2)cc1. The maximum atomic E-state index is 12.3. The number of anilines is 2. The lowest BCUT2D eigenvalue weighted by molar-refractivity contribution is -0.114. The van der Waals surface area contributed by atoms with Gasteiger partial charge in [-0.1, -0.05) is 13.3 Å². The minimum Gasteiger partial charge on any atom is -0.494 e. The highest BCUT2D eigenvalue weighted by atomic mass is 16.5. The summed E-state index contributed by atoms with van der Waals surface area (Å²) in [5, 5.41) is 5.92. The van der Waals surface area contributed by atoms with Crippen molar-refractivity contribution in [2.75, 3.05) is 36.9 Å². The molecule has 0 saturated carbocycles. The topological polar surface area (TPSA) is 70.7 Å². The highest BCUT2D eigenvalue weighted by Gasteiger charge is 2.12. The van der Waals surface area contributed by atoms with Gasteiger partial charge in [-0.15, -0.1) is 0 Å². The van der Waals surface area contributed by atoms with Gasteiger partial charge in [-0.3, -0.25) is 9.59 Å². The van der Waals surface area contributed by atoms with Gasteiger partial charge in [0.05, 0.1) is 13.2 Å². The maximum absolute atomic E-state index is 12.3. The lowest BCUT2D eigenvalue weighted by Crippen LogP contribution is -2.30. The fourth-order valence-corrected chi connectivity index (χ4v) is 2.78. The molecule has 6 nitrogen and oxygen atoms in total. The molecule has 0 unspecified atom stereocenters. The second-order valence-corrected chi connectivity index (χ2v) is 6.68. The number of rotatable bonds is 11. The van der Waals surface area contributed by atoms with Crippen molar-refractivity contribution in [3.63, 3.8) is 0 Å². The molecular formula is C23H31N3O3. The number of carbonyl (C=O) groups is 2. The van der Waals surface area contributed by atoms with Crippen LogP contribution in [-0.2, 0) is 4.79 Å². The summed E-state index contributed by atoms with van der Waals surface area (Å²) in [4.78, 5) is 26.2. The summed E-state index contributed by atoms with van der Waals surface area (Å²) in [5.74, 6) is 0.670. The van der Waals surface area contributed by atoms with Crippen LogP contribution >= 0.6 is 0 Å². The van der Waals surface area contributed by atoms with E-state index in [0.29, 0.717) is 25.3 Å². The first-order chi connectivity index (χ1) is 14.1. The first kappa shape index (κ1) is 22.3. The number of benzene rings is 2. The fraction of sp³-hybridized carbons (Fsp3) is 0.391. The molecule has 0 saturated heterocycles. The van der Waals surface area contributed by atoms with Crippen LogP contribution in [0.15, 0.2) is 48.5 Å². The number of hydrogen-bond acceptors (Lipinski definition) is 4. The number of nitrogens with zero attached hydrogens (tertiary/aromatic N) is 1. The number of unbranched alkanes of at least 4 members (excludes halogenated alkanes) is 1. The van der Waals surface area contributed by atoms with E-state index >= 15 is 0 Å². The minimum absolute atomic E-state index is 0.0152. The quantitative estimate of drug-likeness (QED) is 0.552. The van der Waals surface area contributed by atoms with Gasteiger partial charge in [0.15, 0.2) is 0 Å². The molecule has 2 rings (SSSR count). The number of hydrogen-bond donors (Lipinski definition) is 2. The number of nitrogens with one attached hydrogen (secondary N) is 2. The molecule has 0 bridgehead atoms. The van der Waals surface area contributed by atoms with Crippen molar-refractivity contribution in [1.29, 1.82) is 0 Å². The summed E-state index contributed by atoms with van der Waals surface area (Å²) in [6.07, 6.45) is 2.12. The lowest BCUT2D eigenvalue weighted by Gasteiger charge is -2.18. The van der Waals surface area contributed by atoms with Gasteiger partial charge in [0.2, 0.25) is 5.91 Å². The third-order valence-corrected chi connectivity index (χ3v) is 4.54. The van der Waals surface area contributed by atoms with Gasteiger partial charge in [-0.2, -0.15) is 0 Å². The van der Waals surface area contributed by atoms with Crippen LogP contribution in [0.25, 0.3) is 0 Å². The molecule has 2 N–H and O–H groups in total. The molecule has 0 aliphatic heterocycles. The van der Waals surface area contributed by atoms with Crippen LogP contribution in [0, 0.1) is 0 Å². The van der Waals surface area contributed by atoms with Gasteiger partial charge in [0, 0.05) is 30.0 Å². The molecule has 0 aliphatic carbocycles. The average molecular weight is 398 g/mol. The second kappa shape index (κ2) is 11.7. The van der Waals surface area contributed by atoms with Crippen molar-refractivity contribution in [3.05, 3.63) is 54.1 Å². The van der Waals surface area contributed by atoms with Crippen LogP contribution in [0.2, 0.25) is 0 Å². The Bertz CT molecular complexity index is 769. The van der Waals surface area contributed by atoms with Crippen molar-refractivity contribution in [1.82, 2.24) is 4.90 Å². The standard InChI is InChI=1S/C23H31N3O3/c1-4-7-16-29-21-14-12-20(13-15-21)25-22(27)17-24-19-10-8-18(9-11-19)23(28)26(5-2)6-3/h8-15,24H,4-7,16-17H2,1-3H3,(H,25,27). The van der Waals surface area contributed by atoms with Gasteiger partial charge in [-0.25, -0.2) is 0 Å². The van der Waals surface area contributed by atoms with E-state index in [1.54, 1.807) is 17.0 Å². The minimum atomic E-state index is -0.145. The highest BCUT2D eigenvalue weighted by Crippen LogP contribution is 2.16. The van der Waals surface area contributed by atoms with Gasteiger partial charge in [0.25, 0.3) is 5.91 Å². The van der Waals surface area contributed by atoms with E-state index in [1.165, 1.54) is 0 Å². The molecule has 0 aliphatic rings. The predicted octanol–water partition coefficient (Wildman–Crippen LogP) is 4.40. The Balaban J connectivity index is 1.80.